The molecule has 9 heteroatoms. The summed E-state index contributed by atoms with van der Waals surface area (Å²) in [6.45, 7) is 11.7. The molecule has 1 heterocycles. The molecular formula is C29H38BFO7. The maximum atomic E-state index is 14.4. The first-order valence-corrected chi connectivity index (χ1v) is 13.7. The van der Waals surface area contributed by atoms with Crippen LogP contribution in [0.25, 0.3) is 0 Å². The summed E-state index contributed by atoms with van der Waals surface area (Å²) in [7, 11) is -1.24. The van der Waals surface area contributed by atoms with Gasteiger partial charge in [-0.3, -0.25) is 4.79 Å². The topological polar surface area (TPSA) is 102 Å². The predicted octanol–water partition coefficient (Wildman–Crippen LogP) is 3.33. The van der Waals surface area contributed by atoms with Crippen LogP contribution in [0.15, 0.2) is 24.8 Å². The van der Waals surface area contributed by atoms with Crippen molar-refractivity contribution in [3.63, 3.8) is 0 Å². The second-order valence-electron chi connectivity index (χ2n) is 12.5. The number of ketones is 1. The third-order valence-corrected chi connectivity index (χ3v) is 10.8. The number of aliphatic hydroxyl groups excluding tert-OH is 1. The van der Waals surface area contributed by atoms with Crippen LogP contribution < -0.4 is 10.2 Å². The van der Waals surface area contributed by atoms with Gasteiger partial charge in [0.25, 0.3) is 0 Å². The molecular weight excluding hydrogens is 490 g/mol. The van der Waals surface area contributed by atoms with Crippen molar-refractivity contribution >= 4 is 24.3 Å². The lowest BCUT2D eigenvalue weighted by atomic mass is 9.44. The molecule has 5 rings (SSSR count). The molecule has 0 radical (unpaired) electrons. The van der Waals surface area contributed by atoms with Gasteiger partial charge in [0.2, 0.25) is 0 Å². The minimum absolute atomic E-state index is 0.0307. The van der Waals surface area contributed by atoms with Crippen LogP contribution in [0.2, 0.25) is 0 Å². The molecule has 3 fully saturated rings. The van der Waals surface area contributed by atoms with Gasteiger partial charge in [-0.1, -0.05) is 33.8 Å². The highest BCUT2D eigenvalue weighted by Crippen LogP contribution is 2.68. The van der Waals surface area contributed by atoms with Crippen LogP contribution in [0.1, 0.15) is 65.4 Å². The van der Waals surface area contributed by atoms with E-state index < -0.39 is 48.5 Å². The maximum Gasteiger partial charge on any atom is 0.492 e. The van der Waals surface area contributed by atoms with Crippen molar-refractivity contribution in [1.82, 2.24) is 0 Å². The lowest BCUT2D eigenvalue weighted by Crippen LogP contribution is -2.63. The zero-order valence-electron chi connectivity index (χ0n) is 22.7. The molecule has 0 saturated heterocycles. The molecule has 206 valence electrons. The van der Waals surface area contributed by atoms with Crippen molar-refractivity contribution in [2.45, 2.75) is 78.6 Å². The van der Waals surface area contributed by atoms with Crippen LogP contribution in [-0.2, 0) is 25.6 Å². The smallest absolute Gasteiger partial charge is 0.482 e. The lowest BCUT2D eigenvalue weighted by molar-refractivity contribution is -0.207. The molecule has 1 aromatic rings. The molecule has 2 bridgehead atoms. The van der Waals surface area contributed by atoms with Gasteiger partial charge >= 0.3 is 13.1 Å². The molecule has 1 aromatic carbocycles. The predicted molar refractivity (Wildman–Crippen MR) is 139 cm³/mol. The minimum Gasteiger partial charge on any atom is -0.482 e. The number of fused-ring (bicyclic) bond motifs is 1. The van der Waals surface area contributed by atoms with Gasteiger partial charge in [0.15, 0.2) is 6.61 Å². The van der Waals surface area contributed by atoms with Gasteiger partial charge in [0.05, 0.1) is 12.7 Å². The molecule has 4 aliphatic rings. The third-order valence-electron chi connectivity index (χ3n) is 10.8. The van der Waals surface area contributed by atoms with E-state index in [1.807, 2.05) is 6.92 Å². The summed E-state index contributed by atoms with van der Waals surface area (Å²) in [5.74, 6) is -1.25. The highest BCUT2D eigenvalue weighted by molar-refractivity contribution is 6.61. The Labute approximate surface area is 223 Å². The summed E-state index contributed by atoms with van der Waals surface area (Å²) in [6, 6.07) is 2.62. The van der Waals surface area contributed by atoms with Gasteiger partial charge in [0, 0.05) is 34.8 Å². The van der Waals surface area contributed by atoms with E-state index in [9.17, 15) is 24.1 Å². The number of benzene rings is 1. The summed E-state index contributed by atoms with van der Waals surface area (Å²) in [5, 5.41) is 21.5. The highest BCUT2D eigenvalue weighted by Gasteiger charge is 2.68. The van der Waals surface area contributed by atoms with Gasteiger partial charge in [0.1, 0.15) is 23.5 Å². The van der Waals surface area contributed by atoms with Crippen LogP contribution in [0.3, 0.4) is 0 Å². The van der Waals surface area contributed by atoms with E-state index in [2.05, 4.69) is 27.4 Å². The van der Waals surface area contributed by atoms with Crippen LogP contribution >= 0.6 is 0 Å². The zero-order valence-corrected chi connectivity index (χ0v) is 22.7. The molecule has 0 aromatic heterocycles. The average molecular weight is 528 g/mol. The number of ether oxygens (including phenoxy) is 2. The highest BCUT2D eigenvalue weighted by atomic mass is 19.1. The normalized spacial score (nSPS) is 40.1. The van der Waals surface area contributed by atoms with Gasteiger partial charge in [-0.15, -0.1) is 6.58 Å². The Morgan fingerprint density at radius 3 is 2.76 bits per heavy atom. The summed E-state index contributed by atoms with van der Waals surface area (Å²) < 4.78 is 31.2. The Kier molecular flexibility index (Phi) is 6.80. The average Bonchev–Trinajstić information content (AvgIpc) is 3.44. The van der Waals surface area contributed by atoms with Gasteiger partial charge < -0.3 is 24.3 Å². The van der Waals surface area contributed by atoms with Crippen molar-refractivity contribution in [2.24, 2.45) is 34.0 Å². The van der Waals surface area contributed by atoms with Gasteiger partial charge in [-0.05, 0) is 54.5 Å². The number of rotatable bonds is 5. The number of esters is 1. The first-order valence-electron chi connectivity index (χ1n) is 13.7. The Bertz CT molecular complexity index is 1160. The molecule has 3 saturated carbocycles. The fraction of sp³-hybridized carbons (Fsp3) is 0.655. The quantitative estimate of drug-likeness (QED) is 0.344. The van der Waals surface area contributed by atoms with Crippen LogP contribution in [0, 0.1) is 39.8 Å². The second-order valence-corrected chi connectivity index (χ2v) is 12.5. The molecule has 1 aliphatic heterocycles. The summed E-state index contributed by atoms with van der Waals surface area (Å²) >= 11 is 0. The summed E-state index contributed by atoms with van der Waals surface area (Å²) in [4.78, 5) is 26.7. The standard InChI is InChI=1S/C29H38BFO7/c1-6-27(4)13-23(38-24(33)15-36-18-11-20-19(21(31)12-18)14-37-30(20)35)28(5)16(2)7-9-29(17(3)26(27)34)10-8-22(32)25(28)29/h6,11-12,16-17,23,25-26,34-35H,1,7-10,13-15H2,2-5H3/t16-,17+,23-,25+,26+,27-,28+,29+/m1/s1. The first-order chi connectivity index (χ1) is 17.9. The van der Waals surface area contributed by atoms with Gasteiger partial charge in [-0.2, -0.15) is 0 Å². The Balaban J connectivity index is 1.44. The van der Waals surface area contributed by atoms with E-state index >= 15 is 0 Å². The van der Waals surface area contributed by atoms with E-state index in [1.54, 1.807) is 6.08 Å². The number of hydrogen-bond donors (Lipinski definition) is 2. The number of carbonyl (C=O) groups excluding carboxylic acids is 2. The van der Waals surface area contributed by atoms with Crippen LogP contribution in [0.4, 0.5) is 4.39 Å². The Morgan fingerprint density at radius 2 is 2.05 bits per heavy atom. The third kappa shape index (κ3) is 3.96. The van der Waals surface area contributed by atoms with E-state index in [0.717, 1.165) is 25.3 Å². The Morgan fingerprint density at radius 1 is 1.32 bits per heavy atom. The monoisotopic (exact) mass is 528 g/mol. The minimum atomic E-state index is -1.24. The fourth-order valence-electron chi connectivity index (χ4n) is 8.18. The lowest BCUT2D eigenvalue weighted by Gasteiger charge is -2.61. The van der Waals surface area contributed by atoms with Crippen molar-refractivity contribution < 1.29 is 38.2 Å². The van der Waals surface area contributed by atoms with E-state index in [0.29, 0.717) is 12.8 Å². The molecule has 2 N–H and O–H groups in total. The fourth-order valence-corrected chi connectivity index (χ4v) is 8.18. The summed E-state index contributed by atoms with van der Waals surface area (Å²) in [5.41, 5.74) is -1.16. The van der Waals surface area contributed by atoms with Crippen LogP contribution in [0.5, 0.6) is 5.75 Å². The van der Waals surface area contributed by atoms with Gasteiger partial charge in [-0.25, -0.2) is 9.18 Å². The molecule has 38 heavy (non-hydrogen) atoms. The number of aliphatic hydroxyl groups is 1. The van der Waals surface area contributed by atoms with E-state index in [4.69, 9.17) is 14.1 Å². The Hall–Kier alpha value is -2.23. The molecule has 0 spiro atoms. The maximum absolute atomic E-state index is 14.4. The number of hydrogen-bond acceptors (Lipinski definition) is 7. The summed E-state index contributed by atoms with van der Waals surface area (Å²) in [6.07, 6.45) is 3.62. The SMILES string of the molecule is C=C[C@]1(C)C[C@@H](OC(=O)COc2cc(F)c3c(c2)B(O)OC3)[C@]2(C)[C@H](C)CC[C@]3(CCC(=O)[C@H]32)[C@@H](C)[C@@H]1O. The molecule has 3 aliphatic carbocycles. The molecule has 7 nitrogen and oxygen atoms in total. The van der Waals surface area contributed by atoms with Crippen molar-refractivity contribution in [3.05, 3.63) is 36.2 Å². The van der Waals surface area contributed by atoms with Crippen molar-refractivity contribution in [3.8, 4) is 5.75 Å². The molecule has 0 unspecified atom stereocenters. The second kappa shape index (κ2) is 9.45. The van der Waals surface area contributed by atoms with E-state index in [-0.39, 0.29) is 52.3 Å². The van der Waals surface area contributed by atoms with Crippen molar-refractivity contribution in [2.75, 3.05) is 6.61 Å². The largest absolute Gasteiger partial charge is 0.492 e. The zero-order chi connectivity index (χ0) is 27.6. The molecule has 0 amide bonds. The first kappa shape index (κ1) is 27.3. The molecule has 8 atom stereocenters. The van der Waals surface area contributed by atoms with E-state index in [1.165, 1.54) is 6.07 Å². The number of carbonyl (C=O) groups is 2. The number of halogens is 1. The van der Waals surface area contributed by atoms with Crippen LogP contribution in [-0.4, -0.2) is 47.8 Å². The van der Waals surface area contributed by atoms with Crippen molar-refractivity contribution in [1.29, 1.82) is 0 Å². The number of Topliss-reactive ketones (excluding diaryl/α,β-unsaturated/α-hetero) is 1.